The topological polar surface area (TPSA) is 85.6 Å². The summed E-state index contributed by atoms with van der Waals surface area (Å²) in [5.41, 5.74) is 6.46. The predicted molar refractivity (Wildman–Crippen MR) is 157 cm³/mol. The van der Waals surface area contributed by atoms with Gasteiger partial charge in [0.25, 0.3) is 5.91 Å². The Morgan fingerprint density at radius 1 is 0.854 bits per heavy atom. The molecule has 0 saturated carbocycles. The van der Waals surface area contributed by atoms with E-state index in [1.165, 1.54) is 0 Å². The zero-order valence-corrected chi connectivity index (χ0v) is 22.9. The van der Waals surface area contributed by atoms with Crippen LogP contribution in [0.2, 0.25) is 0 Å². The van der Waals surface area contributed by atoms with Crippen molar-refractivity contribution in [2.24, 2.45) is 5.92 Å². The zero-order chi connectivity index (χ0) is 28.2. The minimum absolute atomic E-state index is 0.00156. The molecule has 0 radical (unpaired) electrons. The number of nitrogens with one attached hydrogen (secondary N) is 1. The summed E-state index contributed by atoms with van der Waals surface area (Å²) in [6.07, 6.45) is 0.959. The summed E-state index contributed by atoms with van der Waals surface area (Å²) >= 11 is 0. The summed E-state index contributed by atoms with van der Waals surface area (Å²) in [7, 11) is 0. The Bertz CT molecular complexity index is 1600. The third kappa shape index (κ3) is 5.93. The van der Waals surface area contributed by atoms with E-state index in [1.54, 1.807) is 12.1 Å². The number of para-hydroxylation sites is 2. The van der Waals surface area contributed by atoms with E-state index in [4.69, 9.17) is 9.47 Å². The molecule has 0 spiro atoms. The summed E-state index contributed by atoms with van der Waals surface area (Å²) in [4.78, 5) is 17.0. The van der Waals surface area contributed by atoms with Crippen LogP contribution in [-0.4, -0.2) is 26.7 Å². The number of imidazole rings is 1. The van der Waals surface area contributed by atoms with Gasteiger partial charge in [-0.15, -0.1) is 0 Å². The molecule has 6 rings (SSSR count). The SMILES string of the molecule is C[C@H]1[C@@H](Cn2cnc3ccccc32)O[C@@H](c2ccc(CNC(=O)c3ccccc3)cc2)O[C@H]1c1ccc(CO)cc1. The van der Waals surface area contributed by atoms with Gasteiger partial charge < -0.3 is 24.5 Å². The molecule has 4 aromatic carbocycles. The molecule has 1 saturated heterocycles. The number of aliphatic hydroxyl groups is 1. The van der Waals surface area contributed by atoms with Gasteiger partial charge in [0.05, 0.1) is 42.7 Å². The fourth-order valence-electron chi connectivity index (χ4n) is 5.34. The number of aromatic nitrogens is 2. The van der Waals surface area contributed by atoms with Crippen LogP contribution in [0.25, 0.3) is 11.0 Å². The van der Waals surface area contributed by atoms with Crippen LogP contribution in [0.5, 0.6) is 0 Å². The Balaban J connectivity index is 1.22. The second-order valence-corrected chi connectivity index (χ2v) is 10.5. The van der Waals surface area contributed by atoms with E-state index in [2.05, 4.69) is 27.9 Å². The summed E-state index contributed by atoms with van der Waals surface area (Å²) < 4.78 is 15.4. The lowest BCUT2D eigenvalue weighted by atomic mass is 9.90. The molecule has 1 aromatic heterocycles. The maximum atomic E-state index is 12.5. The van der Waals surface area contributed by atoms with Crippen LogP contribution in [0, 0.1) is 5.92 Å². The minimum Gasteiger partial charge on any atom is -0.392 e. The molecule has 7 nitrogen and oxygen atoms in total. The maximum Gasteiger partial charge on any atom is 0.251 e. The number of carbonyl (C=O) groups is 1. The van der Waals surface area contributed by atoms with Gasteiger partial charge in [-0.1, -0.05) is 85.8 Å². The van der Waals surface area contributed by atoms with Crippen LogP contribution in [-0.2, 0) is 29.2 Å². The Hall–Kier alpha value is -4.30. The molecule has 1 aliphatic heterocycles. The highest BCUT2D eigenvalue weighted by molar-refractivity contribution is 5.94. The van der Waals surface area contributed by atoms with Gasteiger partial charge in [-0.3, -0.25) is 4.79 Å². The van der Waals surface area contributed by atoms with Crippen molar-refractivity contribution in [2.45, 2.75) is 45.1 Å². The van der Waals surface area contributed by atoms with Crippen LogP contribution >= 0.6 is 0 Å². The van der Waals surface area contributed by atoms with Crippen molar-refractivity contribution in [2.75, 3.05) is 0 Å². The number of amides is 1. The number of benzene rings is 4. The Kier molecular flexibility index (Phi) is 7.91. The molecule has 4 atom stereocenters. The van der Waals surface area contributed by atoms with Gasteiger partial charge in [0.15, 0.2) is 6.29 Å². The van der Waals surface area contributed by atoms with Crippen LogP contribution < -0.4 is 5.32 Å². The lowest BCUT2D eigenvalue weighted by Crippen LogP contribution is -2.39. The van der Waals surface area contributed by atoms with Crippen LogP contribution in [0.4, 0.5) is 0 Å². The summed E-state index contributed by atoms with van der Waals surface area (Å²) in [5, 5.41) is 12.5. The molecule has 1 fully saturated rings. The van der Waals surface area contributed by atoms with Crippen molar-refractivity contribution in [1.29, 1.82) is 0 Å². The van der Waals surface area contributed by atoms with Crippen molar-refractivity contribution in [3.05, 3.63) is 137 Å². The van der Waals surface area contributed by atoms with E-state index in [0.29, 0.717) is 18.7 Å². The molecule has 0 unspecified atom stereocenters. The van der Waals surface area contributed by atoms with Crippen molar-refractivity contribution in [3.8, 4) is 0 Å². The molecule has 1 amide bonds. The lowest BCUT2D eigenvalue weighted by molar-refractivity contribution is -0.276. The normalized spacial score (nSPS) is 20.6. The lowest BCUT2D eigenvalue weighted by Gasteiger charge is -2.41. The first-order chi connectivity index (χ1) is 20.1. The van der Waals surface area contributed by atoms with Gasteiger partial charge in [0.1, 0.15) is 0 Å². The highest BCUT2D eigenvalue weighted by Crippen LogP contribution is 2.42. The number of aliphatic hydroxyl groups excluding tert-OH is 1. The monoisotopic (exact) mass is 547 g/mol. The molecule has 2 N–H and O–H groups in total. The minimum atomic E-state index is -0.568. The van der Waals surface area contributed by atoms with Gasteiger partial charge in [0, 0.05) is 23.6 Å². The fourth-order valence-corrected chi connectivity index (χ4v) is 5.34. The molecule has 208 valence electrons. The average Bonchev–Trinajstić information content (AvgIpc) is 3.44. The summed E-state index contributed by atoms with van der Waals surface area (Å²) in [5.74, 6) is -0.0487. The van der Waals surface area contributed by atoms with Crippen molar-refractivity contribution >= 4 is 16.9 Å². The van der Waals surface area contributed by atoms with Crippen molar-refractivity contribution in [3.63, 3.8) is 0 Å². The molecule has 5 aromatic rings. The molecule has 2 heterocycles. The molecule has 0 bridgehead atoms. The first-order valence-corrected chi connectivity index (χ1v) is 13.9. The van der Waals surface area contributed by atoms with Gasteiger partial charge in [-0.2, -0.15) is 0 Å². The standard InChI is InChI=1S/C34H33N3O4/c1-23-31(20-37-22-36-29-9-5-6-10-30(29)37)40-34(41-32(23)26-15-13-25(21-38)14-16-26)28-17-11-24(12-18-28)19-35-33(39)27-7-3-2-4-8-27/h2-18,22-23,31-32,34,38H,19-21H2,1H3,(H,35,39)/t23-,31+,32+,34+/m0/s1. The number of nitrogens with zero attached hydrogens (tertiary/aromatic N) is 2. The van der Waals surface area contributed by atoms with Crippen molar-refractivity contribution < 1.29 is 19.4 Å². The number of hydrogen-bond acceptors (Lipinski definition) is 5. The first-order valence-electron chi connectivity index (χ1n) is 13.9. The van der Waals surface area contributed by atoms with Crippen LogP contribution in [0.15, 0.2) is 109 Å². The number of carbonyl (C=O) groups excluding carboxylic acids is 1. The van der Waals surface area contributed by atoms with E-state index in [9.17, 15) is 9.90 Å². The average molecular weight is 548 g/mol. The molecular weight excluding hydrogens is 514 g/mol. The fraction of sp³-hybridized carbons (Fsp3) is 0.235. The largest absolute Gasteiger partial charge is 0.392 e. The highest BCUT2D eigenvalue weighted by Gasteiger charge is 2.38. The van der Waals surface area contributed by atoms with E-state index in [-0.39, 0.29) is 30.6 Å². The third-order valence-corrected chi connectivity index (χ3v) is 7.77. The summed E-state index contributed by atoms with van der Waals surface area (Å²) in [6.45, 7) is 3.22. The molecule has 41 heavy (non-hydrogen) atoms. The quantitative estimate of drug-likeness (QED) is 0.251. The third-order valence-electron chi connectivity index (χ3n) is 7.77. The van der Waals surface area contributed by atoms with Crippen LogP contribution in [0.1, 0.15) is 51.9 Å². The number of rotatable bonds is 8. The molecule has 7 heteroatoms. The number of ether oxygens (including phenoxy) is 2. The molecule has 0 aliphatic carbocycles. The van der Waals surface area contributed by atoms with Gasteiger partial charge in [-0.05, 0) is 41.0 Å². The van der Waals surface area contributed by atoms with E-state index < -0.39 is 6.29 Å². The van der Waals surface area contributed by atoms with Gasteiger partial charge >= 0.3 is 0 Å². The summed E-state index contributed by atoms with van der Waals surface area (Å²) in [6, 6.07) is 33.2. The second kappa shape index (κ2) is 12.1. The Morgan fingerprint density at radius 3 is 2.29 bits per heavy atom. The zero-order valence-electron chi connectivity index (χ0n) is 22.9. The second-order valence-electron chi connectivity index (χ2n) is 10.5. The predicted octanol–water partition coefficient (Wildman–Crippen LogP) is 5.95. The number of fused-ring (bicyclic) bond motifs is 1. The van der Waals surface area contributed by atoms with E-state index in [1.807, 2.05) is 91.3 Å². The highest BCUT2D eigenvalue weighted by atomic mass is 16.7. The van der Waals surface area contributed by atoms with E-state index in [0.717, 1.165) is 33.3 Å². The van der Waals surface area contributed by atoms with Crippen molar-refractivity contribution in [1.82, 2.24) is 14.9 Å². The maximum absolute atomic E-state index is 12.5. The first kappa shape index (κ1) is 26.9. The molecular formula is C34H33N3O4. The molecule has 1 aliphatic rings. The van der Waals surface area contributed by atoms with Crippen LogP contribution in [0.3, 0.4) is 0 Å². The van der Waals surface area contributed by atoms with Gasteiger partial charge in [0.2, 0.25) is 0 Å². The number of hydrogen-bond donors (Lipinski definition) is 2. The smallest absolute Gasteiger partial charge is 0.251 e. The van der Waals surface area contributed by atoms with Gasteiger partial charge in [-0.25, -0.2) is 4.98 Å². The van der Waals surface area contributed by atoms with E-state index >= 15 is 0 Å². The Labute approximate surface area is 239 Å². The Morgan fingerprint density at radius 2 is 1.54 bits per heavy atom.